The first kappa shape index (κ1) is 17.7. The molecule has 4 rings (SSSR count). The van der Waals surface area contributed by atoms with Gasteiger partial charge in [0.05, 0.1) is 10.6 Å². The molecule has 1 fully saturated rings. The quantitative estimate of drug-likeness (QED) is 0.700. The summed E-state index contributed by atoms with van der Waals surface area (Å²) in [6, 6.07) is 11.5. The molecule has 27 heavy (non-hydrogen) atoms. The van der Waals surface area contributed by atoms with Crippen molar-refractivity contribution in [3.05, 3.63) is 68.5 Å². The van der Waals surface area contributed by atoms with Crippen LogP contribution in [0.5, 0.6) is 0 Å². The van der Waals surface area contributed by atoms with Crippen molar-refractivity contribution in [2.75, 3.05) is 13.1 Å². The molecule has 1 amide bonds. The number of benzene rings is 1. The summed E-state index contributed by atoms with van der Waals surface area (Å²) in [5, 5.41) is 6.47. The fourth-order valence-electron chi connectivity index (χ4n) is 3.68. The number of aromatic nitrogens is 3. The van der Waals surface area contributed by atoms with Gasteiger partial charge in [0.2, 0.25) is 0 Å². The summed E-state index contributed by atoms with van der Waals surface area (Å²) in [5.41, 5.74) is 1.67. The predicted molar refractivity (Wildman–Crippen MR) is 106 cm³/mol. The average molecular weight is 382 g/mol. The van der Waals surface area contributed by atoms with Gasteiger partial charge in [0.25, 0.3) is 5.91 Å². The molecule has 3 aromatic rings. The number of hydrogen-bond donors (Lipinski definition) is 0. The molecule has 1 aromatic carbocycles. The first-order valence-electron chi connectivity index (χ1n) is 9.11. The molecule has 1 unspecified atom stereocenters. The summed E-state index contributed by atoms with van der Waals surface area (Å²) in [4.78, 5) is 28.3. The van der Waals surface area contributed by atoms with Gasteiger partial charge in [-0.05, 0) is 48.9 Å². The molecular formula is C20H22N4O2S. The van der Waals surface area contributed by atoms with Crippen LogP contribution in [0.1, 0.15) is 39.8 Å². The third-order valence-corrected chi connectivity index (χ3v) is 6.10. The fraction of sp³-hybridized carbons (Fsp3) is 0.350. The van der Waals surface area contributed by atoms with Gasteiger partial charge in [0.15, 0.2) is 0 Å². The highest BCUT2D eigenvalue weighted by molar-refractivity contribution is 7.12. The van der Waals surface area contributed by atoms with Gasteiger partial charge in [0, 0.05) is 26.1 Å². The van der Waals surface area contributed by atoms with E-state index in [1.807, 2.05) is 53.6 Å². The summed E-state index contributed by atoms with van der Waals surface area (Å²) < 4.78 is 3.06. The highest BCUT2D eigenvalue weighted by Crippen LogP contribution is 2.28. The largest absolute Gasteiger partial charge is 0.350 e. The molecule has 0 spiro atoms. The van der Waals surface area contributed by atoms with E-state index >= 15 is 0 Å². The van der Waals surface area contributed by atoms with E-state index < -0.39 is 0 Å². The summed E-state index contributed by atoms with van der Waals surface area (Å²) in [6.45, 7) is 3.30. The van der Waals surface area contributed by atoms with Crippen molar-refractivity contribution >= 4 is 17.2 Å². The molecule has 7 heteroatoms. The van der Waals surface area contributed by atoms with Crippen LogP contribution in [0.4, 0.5) is 0 Å². The number of likely N-dealkylation sites (tertiary alicyclic amines) is 1. The Morgan fingerprint density at radius 2 is 2.00 bits per heavy atom. The minimum absolute atomic E-state index is 0.0390. The van der Waals surface area contributed by atoms with Crippen molar-refractivity contribution in [2.45, 2.75) is 25.7 Å². The van der Waals surface area contributed by atoms with Crippen LogP contribution in [-0.4, -0.2) is 38.2 Å². The number of carbonyl (C=O) groups is 1. The summed E-state index contributed by atoms with van der Waals surface area (Å²) in [5.74, 6) is 0.850. The van der Waals surface area contributed by atoms with Crippen LogP contribution >= 0.6 is 11.3 Å². The Morgan fingerprint density at radius 1 is 1.22 bits per heavy atom. The van der Waals surface area contributed by atoms with Gasteiger partial charge in [-0.1, -0.05) is 18.2 Å². The molecule has 0 saturated carbocycles. The second-order valence-electron chi connectivity index (χ2n) is 6.96. The van der Waals surface area contributed by atoms with Gasteiger partial charge in [-0.2, -0.15) is 5.10 Å². The second kappa shape index (κ2) is 7.15. The Balaban J connectivity index is 1.66. The Hall–Kier alpha value is -2.67. The lowest BCUT2D eigenvalue weighted by Gasteiger charge is -2.32. The maximum Gasteiger partial charge on any atom is 0.350 e. The zero-order valence-corrected chi connectivity index (χ0v) is 16.3. The van der Waals surface area contributed by atoms with Crippen LogP contribution in [0.25, 0.3) is 5.69 Å². The van der Waals surface area contributed by atoms with Crippen molar-refractivity contribution in [1.29, 1.82) is 0 Å². The van der Waals surface area contributed by atoms with E-state index in [0.717, 1.165) is 41.3 Å². The maximum absolute atomic E-state index is 12.9. The first-order valence-corrected chi connectivity index (χ1v) is 9.99. The predicted octanol–water partition coefficient (Wildman–Crippen LogP) is 2.96. The molecule has 1 saturated heterocycles. The maximum atomic E-state index is 12.9. The van der Waals surface area contributed by atoms with Gasteiger partial charge in [-0.25, -0.2) is 14.0 Å². The highest BCUT2D eigenvalue weighted by Gasteiger charge is 2.30. The third-order valence-electron chi connectivity index (χ3n) is 5.09. The average Bonchev–Trinajstić information content (AvgIpc) is 3.25. The monoisotopic (exact) mass is 382 g/mol. The molecule has 1 aliphatic rings. The third kappa shape index (κ3) is 3.23. The molecule has 1 aliphatic heterocycles. The Morgan fingerprint density at radius 3 is 2.70 bits per heavy atom. The van der Waals surface area contributed by atoms with Crippen molar-refractivity contribution in [3.8, 4) is 5.69 Å². The standard InChI is InChI=1S/C20H22N4O2S/c1-14-10-12-27-17(14)19(25)23-11-6-7-15(13-23)18-21-22(2)20(26)24(18)16-8-4-3-5-9-16/h3-5,8-10,12,15H,6-7,11,13H2,1-2H3. The molecule has 0 bridgehead atoms. The zero-order chi connectivity index (χ0) is 19.0. The first-order chi connectivity index (χ1) is 13.1. The van der Waals surface area contributed by atoms with Crippen LogP contribution in [-0.2, 0) is 7.05 Å². The Bertz CT molecular complexity index is 1020. The minimum atomic E-state index is -0.159. The Labute approximate surface area is 161 Å². The van der Waals surface area contributed by atoms with Crippen LogP contribution in [0, 0.1) is 6.92 Å². The fourth-order valence-corrected chi connectivity index (χ4v) is 4.57. The number of thiophene rings is 1. The lowest BCUT2D eigenvalue weighted by molar-refractivity contribution is 0.0708. The summed E-state index contributed by atoms with van der Waals surface area (Å²) in [6.07, 6.45) is 1.82. The van der Waals surface area contributed by atoms with Gasteiger partial charge in [0.1, 0.15) is 5.82 Å². The van der Waals surface area contributed by atoms with E-state index in [4.69, 9.17) is 0 Å². The number of nitrogens with zero attached hydrogens (tertiary/aromatic N) is 4. The minimum Gasteiger partial charge on any atom is -0.337 e. The molecule has 2 aromatic heterocycles. The molecule has 0 N–H and O–H groups in total. The topological polar surface area (TPSA) is 60.1 Å². The number of hydrogen-bond acceptors (Lipinski definition) is 4. The lowest BCUT2D eigenvalue weighted by Crippen LogP contribution is -2.40. The highest BCUT2D eigenvalue weighted by atomic mass is 32.1. The molecular weight excluding hydrogens is 360 g/mol. The van der Waals surface area contributed by atoms with Crippen LogP contribution < -0.4 is 5.69 Å². The molecule has 0 radical (unpaired) electrons. The zero-order valence-electron chi connectivity index (χ0n) is 15.5. The van der Waals surface area contributed by atoms with Crippen molar-refractivity contribution in [1.82, 2.24) is 19.2 Å². The van der Waals surface area contributed by atoms with E-state index in [2.05, 4.69) is 5.10 Å². The number of amides is 1. The van der Waals surface area contributed by atoms with Gasteiger partial charge in [-0.15, -0.1) is 11.3 Å². The summed E-state index contributed by atoms with van der Waals surface area (Å²) in [7, 11) is 1.67. The lowest BCUT2D eigenvalue weighted by atomic mass is 9.96. The van der Waals surface area contributed by atoms with Crippen LogP contribution in [0.3, 0.4) is 0 Å². The Kier molecular flexibility index (Phi) is 4.70. The molecule has 3 heterocycles. The van der Waals surface area contributed by atoms with Crippen molar-refractivity contribution < 1.29 is 4.79 Å². The van der Waals surface area contributed by atoms with E-state index in [-0.39, 0.29) is 17.5 Å². The van der Waals surface area contributed by atoms with Crippen molar-refractivity contribution in [2.24, 2.45) is 7.05 Å². The smallest absolute Gasteiger partial charge is 0.337 e. The second-order valence-corrected chi connectivity index (χ2v) is 7.87. The molecule has 140 valence electrons. The van der Waals surface area contributed by atoms with Crippen LogP contribution in [0.2, 0.25) is 0 Å². The van der Waals surface area contributed by atoms with Crippen LogP contribution in [0.15, 0.2) is 46.6 Å². The van der Waals surface area contributed by atoms with Gasteiger partial charge in [-0.3, -0.25) is 4.79 Å². The summed E-state index contributed by atoms with van der Waals surface area (Å²) >= 11 is 1.49. The SMILES string of the molecule is Cc1ccsc1C(=O)N1CCCC(c2nn(C)c(=O)n2-c2ccccc2)C1. The van der Waals surface area contributed by atoms with E-state index in [9.17, 15) is 9.59 Å². The van der Waals surface area contributed by atoms with E-state index in [1.165, 1.54) is 16.0 Å². The number of aryl methyl sites for hydroxylation is 2. The van der Waals surface area contributed by atoms with Crippen molar-refractivity contribution in [3.63, 3.8) is 0 Å². The van der Waals surface area contributed by atoms with E-state index in [0.29, 0.717) is 6.54 Å². The molecule has 0 aliphatic carbocycles. The molecule has 6 nitrogen and oxygen atoms in total. The normalized spacial score (nSPS) is 17.3. The number of carbonyl (C=O) groups excluding carboxylic acids is 1. The molecule has 1 atom stereocenters. The number of piperidine rings is 1. The van der Waals surface area contributed by atoms with Gasteiger partial charge < -0.3 is 4.90 Å². The van der Waals surface area contributed by atoms with Gasteiger partial charge >= 0.3 is 5.69 Å². The van der Waals surface area contributed by atoms with E-state index in [1.54, 1.807) is 11.6 Å². The number of rotatable bonds is 3. The number of para-hydroxylation sites is 1.